The van der Waals surface area contributed by atoms with Gasteiger partial charge >= 0.3 is 0 Å². The summed E-state index contributed by atoms with van der Waals surface area (Å²) in [7, 11) is 0. The van der Waals surface area contributed by atoms with Crippen molar-refractivity contribution >= 4 is 23.4 Å². The van der Waals surface area contributed by atoms with Crippen molar-refractivity contribution in [3.05, 3.63) is 0 Å². The molecule has 0 aromatic heterocycles. The summed E-state index contributed by atoms with van der Waals surface area (Å²) in [6, 6.07) is -0.810. The van der Waals surface area contributed by atoms with Crippen LogP contribution in [0, 0.1) is 11.8 Å². The third-order valence-electron chi connectivity index (χ3n) is 5.55. The van der Waals surface area contributed by atoms with Crippen molar-refractivity contribution in [1.29, 1.82) is 0 Å². The Labute approximate surface area is 160 Å². The van der Waals surface area contributed by atoms with E-state index in [4.69, 9.17) is 11.5 Å². The first kappa shape index (κ1) is 21.5. The molecule has 152 valence electrons. The van der Waals surface area contributed by atoms with Crippen LogP contribution in [0.4, 0.5) is 0 Å². The quantitative estimate of drug-likeness (QED) is 0.392. The van der Waals surface area contributed by atoms with E-state index in [1.54, 1.807) is 0 Å². The van der Waals surface area contributed by atoms with E-state index in [0.29, 0.717) is 32.4 Å². The number of hydrogen-bond donors (Lipinski definition) is 3. The molecule has 1 unspecified atom stereocenters. The molecule has 2 rings (SSSR count). The Bertz CT molecular complexity index is 607. The van der Waals surface area contributed by atoms with E-state index >= 15 is 0 Å². The molecule has 1 saturated heterocycles. The summed E-state index contributed by atoms with van der Waals surface area (Å²) in [5.74, 6) is -2.04. The zero-order valence-electron chi connectivity index (χ0n) is 16.3. The molecule has 0 aromatic rings. The van der Waals surface area contributed by atoms with Crippen molar-refractivity contribution in [2.24, 2.45) is 23.3 Å². The average Bonchev–Trinajstić information content (AvgIpc) is 3.04. The highest BCUT2D eigenvalue weighted by Gasteiger charge is 2.64. The number of ketones is 2. The molecule has 1 aliphatic carbocycles. The molecule has 2 aliphatic rings. The maximum absolute atomic E-state index is 13.1. The number of carbonyl (C=O) groups excluding carboxylic acids is 4. The lowest BCUT2D eigenvalue weighted by Crippen LogP contribution is -2.69. The largest absolute Gasteiger partial charge is 0.353 e. The Balaban J connectivity index is 2.32. The van der Waals surface area contributed by atoms with Gasteiger partial charge in [0, 0.05) is 25.9 Å². The van der Waals surface area contributed by atoms with Crippen LogP contribution in [-0.2, 0) is 19.2 Å². The summed E-state index contributed by atoms with van der Waals surface area (Å²) in [5, 5.41) is 2.78. The maximum Gasteiger partial charge on any atom is 0.254 e. The smallest absolute Gasteiger partial charge is 0.254 e. The SMILES string of the molecule is CC(C)CNC(=O)[C@]12C(=O)CCC(=O)C1CCN2C(=O)[C@@H](N)CCCCN. The summed E-state index contributed by atoms with van der Waals surface area (Å²) in [6.07, 6.45) is 2.31. The van der Waals surface area contributed by atoms with Gasteiger partial charge < -0.3 is 21.7 Å². The molecule has 1 aliphatic heterocycles. The van der Waals surface area contributed by atoms with Crippen molar-refractivity contribution in [1.82, 2.24) is 10.2 Å². The number of hydrogen-bond acceptors (Lipinski definition) is 6. The standard InChI is InChI=1S/C19H32N4O4/c1-12(2)11-22-18(27)19-13(15(24)6-7-16(19)25)8-10-23(19)17(26)14(21)5-3-4-9-20/h12-14H,3-11,20-21H2,1-2H3,(H,22,27)/t13?,14-,19+/m0/s1. The molecule has 8 nitrogen and oxygen atoms in total. The number of unbranched alkanes of at least 4 members (excludes halogenated alkanes) is 1. The van der Waals surface area contributed by atoms with Gasteiger partial charge in [-0.25, -0.2) is 0 Å². The molecule has 1 saturated carbocycles. The predicted molar refractivity (Wildman–Crippen MR) is 101 cm³/mol. The second-order valence-electron chi connectivity index (χ2n) is 7.98. The molecule has 27 heavy (non-hydrogen) atoms. The summed E-state index contributed by atoms with van der Waals surface area (Å²) in [6.45, 7) is 4.96. The highest BCUT2D eigenvalue weighted by molar-refractivity contribution is 6.19. The molecule has 0 radical (unpaired) electrons. The van der Waals surface area contributed by atoms with E-state index in [9.17, 15) is 19.2 Å². The van der Waals surface area contributed by atoms with Crippen molar-refractivity contribution in [2.45, 2.75) is 64.0 Å². The fourth-order valence-electron chi connectivity index (χ4n) is 4.13. The third kappa shape index (κ3) is 4.06. The second kappa shape index (κ2) is 8.93. The molecular weight excluding hydrogens is 348 g/mol. The van der Waals surface area contributed by atoms with Gasteiger partial charge in [-0.3, -0.25) is 19.2 Å². The summed E-state index contributed by atoms with van der Waals surface area (Å²) < 4.78 is 0. The molecule has 0 spiro atoms. The number of amides is 2. The zero-order valence-corrected chi connectivity index (χ0v) is 16.3. The summed E-state index contributed by atoms with van der Waals surface area (Å²) in [5.41, 5.74) is 9.81. The van der Waals surface area contributed by atoms with Crippen molar-refractivity contribution in [2.75, 3.05) is 19.6 Å². The highest BCUT2D eigenvalue weighted by atomic mass is 16.2. The Morgan fingerprint density at radius 1 is 1.26 bits per heavy atom. The number of carbonyl (C=O) groups is 4. The van der Waals surface area contributed by atoms with E-state index < -0.39 is 29.3 Å². The van der Waals surface area contributed by atoms with Crippen molar-refractivity contribution < 1.29 is 19.2 Å². The van der Waals surface area contributed by atoms with E-state index in [0.717, 1.165) is 6.42 Å². The molecule has 1 heterocycles. The van der Waals surface area contributed by atoms with Gasteiger partial charge in [-0.15, -0.1) is 0 Å². The fraction of sp³-hybridized carbons (Fsp3) is 0.789. The van der Waals surface area contributed by atoms with Crippen LogP contribution in [-0.4, -0.2) is 59.5 Å². The normalized spacial score (nSPS) is 26.3. The number of nitrogens with two attached hydrogens (primary N) is 2. The van der Waals surface area contributed by atoms with E-state index in [1.165, 1.54) is 4.90 Å². The maximum atomic E-state index is 13.1. The zero-order chi connectivity index (χ0) is 20.2. The van der Waals surface area contributed by atoms with Crippen LogP contribution in [0.15, 0.2) is 0 Å². The first-order valence-electron chi connectivity index (χ1n) is 9.88. The van der Waals surface area contributed by atoms with Crippen LogP contribution in [0.2, 0.25) is 0 Å². The lowest BCUT2D eigenvalue weighted by atomic mass is 9.70. The molecule has 3 atom stereocenters. The first-order chi connectivity index (χ1) is 12.8. The van der Waals surface area contributed by atoms with Crippen LogP contribution in [0.5, 0.6) is 0 Å². The lowest BCUT2D eigenvalue weighted by molar-refractivity contribution is -0.160. The van der Waals surface area contributed by atoms with Gasteiger partial charge in [0.25, 0.3) is 5.91 Å². The van der Waals surface area contributed by atoms with E-state index in [2.05, 4.69) is 5.32 Å². The predicted octanol–water partition coefficient (Wildman–Crippen LogP) is -0.266. The fourth-order valence-corrected chi connectivity index (χ4v) is 4.13. The van der Waals surface area contributed by atoms with Gasteiger partial charge in [0.2, 0.25) is 5.91 Å². The number of nitrogens with zero attached hydrogens (tertiary/aromatic N) is 1. The Hall–Kier alpha value is -1.80. The van der Waals surface area contributed by atoms with Gasteiger partial charge in [-0.05, 0) is 31.7 Å². The lowest BCUT2D eigenvalue weighted by Gasteiger charge is -2.42. The Morgan fingerprint density at radius 2 is 1.96 bits per heavy atom. The highest BCUT2D eigenvalue weighted by Crippen LogP contribution is 2.42. The number of rotatable bonds is 8. The van der Waals surface area contributed by atoms with Crippen LogP contribution < -0.4 is 16.8 Å². The molecule has 8 heteroatoms. The topological polar surface area (TPSA) is 136 Å². The number of fused-ring (bicyclic) bond motifs is 1. The summed E-state index contributed by atoms with van der Waals surface area (Å²) in [4.78, 5) is 52.9. The minimum atomic E-state index is -1.73. The third-order valence-corrected chi connectivity index (χ3v) is 5.55. The second-order valence-corrected chi connectivity index (χ2v) is 7.98. The van der Waals surface area contributed by atoms with E-state index in [1.807, 2.05) is 13.8 Å². The molecular formula is C19H32N4O4. The number of Topliss-reactive ketones (excluding diaryl/α,β-unsaturated/α-hetero) is 2. The van der Waals surface area contributed by atoms with Gasteiger partial charge in [0.1, 0.15) is 5.78 Å². The minimum absolute atomic E-state index is 0.0172. The Morgan fingerprint density at radius 3 is 2.59 bits per heavy atom. The molecule has 0 bridgehead atoms. The van der Waals surface area contributed by atoms with Gasteiger partial charge in [-0.2, -0.15) is 0 Å². The monoisotopic (exact) mass is 380 g/mol. The van der Waals surface area contributed by atoms with Gasteiger partial charge in [-0.1, -0.05) is 20.3 Å². The molecule has 5 N–H and O–H groups in total. The first-order valence-corrected chi connectivity index (χ1v) is 9.88. The van der Waals surface area contributed by atoms with Crippen LogP contribution in [0.1, 0.15) is 52.4 Å². The van der Waals surface area contributed by atoms with Crippen LogP contribution >= 0.6 is 0 Å². The molecule has 0 aromatic carbocycles. The van der Waals surface area contributed by atoms with Crippen LogP contribution in [0.25, 0.3) is 0 Å². The number of likely N-dealkylation sites (tertiary alicyclic amines) is 1. The minimum Gasteiger partial charge on any atom is -0.353 e. The van der Waals surface area contributed by atoms with Crippen LogP contribution in [0.3, 0.4) is 0 Å². The summed E-state index contributed by atoms with van der Waals surface area (Å²) >= 11 is 0. The van der Waals surface area contributed by atoms with Crippen molar-refractivity contribution in [3.8, 4) is 0 Å². The average molecular weight is 380 g/mol. The van der Waals surface area contributed by atoms with Gasteiger partial charge in [0.05, 0.1) is 12.0 Å². The molecule has 2 fully saturated rings. The molecule has 2 amide bonds. The van der Waals surface area contributed by atoms with Gasteiger partial charge in [0.15, 0.2) is 11.3 Å². The van der Waals surface area contributed by atoms with E-state index in [-0.39, 0.29) is 36.9 Å². The van der Waals surface area contributed by atoms with Crippen molar-refractivity contribution in [3.63, 3.8) is 0 Å². The number of nitrogens with one attached hydrogen (secondary N) is 1. The Kier molecular flexibility index (Phi) is 7.11.